The fourth-order valence-electron chi connectivity index (χ4n) is 2.74. The van der Waals surface area contributed by atoms with Crippen molar-refractivity contribution in [3.8, 4) is 0 Å². The van der Waals surface area contributed by atoms with Crippen LogP contribution in [-0.4, -0.2) is 65.1 Å². The predicted octanol–water partition coefficient (Wildman–Crippen LogP) is 1.36. The van der Waals surface area contributed by atoms with Crippen molar-refractivity contribution < 1.29 is 9.47 Å². The Morgan fingerprint density at radius 1 is 1.17 bits per heavy atom. The number of rotatable bonds is 10. The third-order valence-corrected chi connectivity index (χ3v) is 4.08. The van der Waals surface area contributed by atoms with Crippen LogP contribution in [0.3, 0.4) is 0 Å². The summed E-state index contributed by atoms with van der Waals surface area (Å²) < 4.78 is 10.4. The maximum atomic E-state index is 5.22. The summed E-state index contributed by atoms with van der Waals surface area (Å²) in [5.41, 5.74) is 0.473. The summed E-state index contributed by atoms with van der Waals surface area (Å²) in [6.45, 7) is 9.64. The Labute approximate surface area is 112 Å². The molecule has 0 aromatic rings. The molecule has 1 saturated heterocycles. The fraction of sp³-hybridized carbons (Fsp3) is 1.00. The van der Waals surface area contributed by atoms with Gasteiger partial charge in [-0.15, -0.1) is 0 Å². The summed E-state index contributed by atoms with van der Waals surface area (Å²) in [6.07, 6.45) is 3.67. The zero-order chi connectivity index (χ0) is 13.3. The van der Waals surface area contributed by atoms with E-state index in [9.17, 15) is 0 Å². The van der Waals surface area contributed by atoms with E-state index in [-0.39, 0.29) is 0 Å². The molecule has 0 bridgehead atoms. The Kier molecular flexibility index (Phi) is 7.82. The van der Waals surface area contributed by atoms with E-state index < -0.39 is 0 Å². The molecule has 0 amide bonds. The van der Waals surface area contributed by atoms with Gasteiger partial charge in [0.05, 0.1) is 6.61 Å². The van der Waals surface area contributed by atoms with E-state index in [1.54, 1.807) is 14.2 Å². The van der Waals surface area contributed by atoms with Crippen molar-refractivity contribution in [1.82, 2.24) is 10.2 Å². The topological polar surface area (TPSA) is 33.7 Å². The highest BCUT2D eigenvalue weighted by atomic mass is 16.5. The summed E-state index contributed by atoms with van der Waals surface area (Å²) in [5, 5.41) is 3.51. The van der Waals surface area contributed by atoms with Crippen molar-refractivity contribution >= 4 is 0 Å². The molecule has 0 aliphatic carbocycles. The van der Waals surface area contributed by atoms with E-state index >= 15 is 0 Å². The Hall–Kier alpha value is -0.160. The Bertz CT molecular complexity index is 206. The molecule has 0 aromatic heterocycles. The molecule has 1 aliphatic rings. The van der Waals surface area contributed by atoms with Crippen LogP contribution in [0.25, 0.3) is 0 Å². The minimum absolute atomic E-state index is 0.473. The number of nitrogens with zero attached hydrogens (tertiary/aromatic N) is 1. The average molecular weight is 258 g/mol. The van der Waals surface area contributed by atoms with E-state index in [1.807, 2.05) is 0 Å². The highest BCUT2D eigenvalue weighted by Gasteiger charge is 2.33. The molecule has 4 nitrogen and oxygen atoms in total. The highest BCUT2D eigenvalue weighted by Crippen LogP contribution is 2.30. The largest absolute Gasteiger partial charge is 0.385 e. The lowest BCUT2D eigenvalue weighted by molar-refractivity contribution is 0.0988. The van der Waals surface area contributed by atoms with Crippen molar-refractivity contribution in [2.24, 2.45) is 5.41 Å². The standard InChI is InChI=1S/C14H30N2O2/c1-4-14(6-7-15-12-14)13-16(9-11-18-3)8-5-10-17-2/h15H,4-13H2,1-3H3. The van der Waals surface area contributed by atoms with Crippen molar-refractivity contribution in [3.05, 3.63) is 0 Å². The lowest BCUT2D eigenvalue weighted by Crippen LogP contribution is -2.41. The van der Waals surface area contributed by atoms with Crippen LogP contribution in [-0.2, 0) is 9.47 Å². The number of methoxy groups -OCH3 is 2. The monoisotopic (exact) mass is 258 g/mol. The van der Waals surface area contributed by atoms with Crippen molar-refractivity contribution in [2.75, 3.05) is 60.2 Å². The second-order valence-electron chi connectivity index (χ2n) is 5.40. The van der Waals surface area contributed by atoms with Gasteiger partial charge in [-0.05, 0) is 31.2 Å². The molecule has 4 heteroatoms. The van der Waals surface area contributed by atoms with E-state index in [0.29, 0.717) is 5.41 Å². The second-order valence-corrected chi connectivity index (χ2v) is 5.40. The van der Waals surface area contributed by atoms with Gasteiger partial charge in [-0.3, -0.25) is 0 Å². The molecular weight excluding hydrogens is 228 g/mol. The van der Waals surface area contributed by atoms with Crippen molar-refractivity contribution in [3.63, 3.8) is 0 Å². The summed E-state index contributed by atoms with van der Waals surface area (Å²) in [7, 11) is 3.55. The first-order valence-corrected chi connectivity index (χ1v) is 7.17. The number of ether oxygens (including phenoxy) is 2. The number of hydrogen-bond acceptors (Lipinski definition) is 4. The van der Waals surface area contributed by atoms with Crippen LogP contribution < -0.4 is 5.32 Å². The SMILES string of the molecule is CCC1(CN(CCCOC)CCOC)CCNC1. The summed E-state index contributed by atoms with van der Waals surface area (Å²) in [6, 6.07) is 0. The first kappa shape index (κ1) is 15.9. The third-order valence-electron chi connectivity index (χ3n) is 4.08. The fourth-order valence-corrected chi connectivity index (χ4v) is 2.74. The molecule has 1 N–H and O–H groups in total. The van der Waals surface area contributed by atoms with Crippen LogP contribution in [0.15, 0.2) is 0 Å². The van der Waals surface area contributed by atoms with Crippen molar-refractivity contribution in [1.29, 1.82) is 0 Å². The van der Waals surface area contributed by atoms with Crippen LogP contribution >= 0.6 is 0 Å². The summed E-state index contributed by atoms with van der Waals surface area (Å²) >= 11 is 0. The van der Waals surface area contributed by atoms with Crippen LogP contribution in [0.4, 0.5) is 0 Å². The van der Waals surface area contributed by atoms with Crippen molar-refractivity contribution in [2.45, 2.75) is 26.2 Å². The van der Waals surface area contributed by atoms with Crippen LogP contribution in [0.1, 0.15) is 26.2 Å². The molecule has 1 heterocycles. The molecule has 0 radical (unpaired) electrons. The zero-order valence-corrected chi connectivity index (χ0v) is 12.3. The molecule has 18 heavy (non-hydrogen) atoms. The molecule has 1 aliphatic heterocycles. The third kappa shape index (κ3) is 5.22. The van der Waals surface area contributed by atoms with Gasteiger partial charge in [0.15, 0.2) is 0 Å². The Morgan fingerprint density at radius 2 is 1.94 bits per heavy atom. The van der Waals surface area contributed by atoms with Crippen LogP contribution in [0, 0.1) is 5.41 Å². The van der Waals surface area contributed by atoms with Gasteiger partial charge in [-0.1, -0.05) is 6.92 Å². The smallest absolute Gasteiger partial charge is 0.0589 e. The molecule has 108 valence electrons. The summed E-state index contributed by atoms with van der Waals surface area (Å²) in [4.78, 5) is 2.54. The van der Waals surface area contributed by atoms with E-state index in [0.717, 1.165) is 39.3 Å². The quantitative estimate of drug-likeness (QED) is 0.600. The molecule has 0 aromatic carbocycles. The first-order valence-electron chi connectivity index (χ1n) is 7.17. The zero-order valence-electron chi connectivity index (χ0n) is 12.3. The number of nitrogens with one attached hydrogen (secondary N) is 1. The Morgan fingerprint density at radius 3 is 2.50 bits per heavy atom. The molecule has 0 saturated carbocycles. The van der Waals surface area contributed by atoms with Crippen LogP contribution in [0.5, 0.6) is 0 Å². The van der Waals surface area contributed by atoms with Gasteiger partial charge in [-0.25, -0.2) is 0 Å². The van der Waals surface area contributed by atoms with Gasteiger partial charge in [0.2, 0.25) is 0 Å². The van der Waals surface area contributed by atoms with Gasteiger partial charge in [-0.2, -0.15) is 0 Å². The average Bonchev–Trinajstić information content (AvgIpc) is 2.85. The summed E-state index contributed by atoms with van der Waals surface area (Å²) in [5.74, 6) is 0. The molecule has 1 unspecified atom stereocenters. The number of hydrogen-bond donors (Lipinski definition) is 1. The second kappa shape index (κ2) is 8.86. The van der Waals surface area contributed by atoms with E-state index in [2.05, 4.69) is 17.1 Å². The predicted molar refractivity (Wildman–Crippen MR) is 75.0 cm³/mol. The minimum atomic E-state index is 0.473. The van der Waals surface area contributed by atoms with Gasteiger partial charge in [0.25, 0.3) is 0 Å². The Balaban J connectivity index is 2.42. The molecule has 1 rings (SSSR count). The maximum Gasteiger partial charge on any atom is 0.0589 e. The van der Waals surface area contributed by atoms with Gasteiger partial charge in [0, 0.05) is 47.0 Å². The normalized spacial score (nSPS) is 24.0. The van der Waals surface area contributed by atoms with Gasteiger partial charge < -0.3 is 19.7 Å². The molecule has 1 atom stereocenters. The van der Waals surface area contributed by atoms with Crippen LogP contribution in [0.2, 0.25) is 0 Å². The first-order chi connectivity index (χ1) is 8.76. The highest BCUT2D eigenvalue weighted by molar-refractivity contribution is 4.89. The van der Waals surface area contributed by atoms with Gasteiger partial charge in [0.1, 0.15) is 0 Å². The molecule has 1 fully saturated rings. The lowest BCUT2D eigenvalue weighted by Gasteiger charge is -2.34. The molecular formula is C14H30N2O2. The van der Waals surface area contributed by atoms with E-state index in [4.69, 9.17) is 9.47 Å². The molecule has 0 spiro atoms. The van der Waals surface area contributed by atoms with E-state index in [1.165, 1.54) is 25.9 Å². The maximum absolute atomic E-state index is 5.22. The minimum Gasteiger partial charge on any atom is -0.385 e. The lowest BCUT2D eigenvalue weighted by atomic mass is 9.83. The van der Waals surface area contributed by atoms with Gasteiger partial charge >= 0.3 is 0 Å².